The Hall–Kier alpha value is -4.23. The highest BCUT2D eigenvalue weighted by atomic mass is 35.5. The van der Waals surface area contributed by atoms with Gasteiger partial charge in [0.05, 0.1) is 22.8 Å². The molecule has 1 fully saturated rings. The first-order valence-corrected chi connectivity index (χ1v) is 19.1. The number of methoxy groups -OCH3 is 1. The number of likely N-dealkylation sites (N-methyl/N-ethyl adjacent to an activating group) is 1. The summed E-state index contributed by atoms with van der Waals surface area (Å²) in [5, 5.41) is 26.9. The molecule has 4 rings (SSSR count). The number of ether oxygens (including phenoxy) is 3. The van der Waals surface area contributed by atoms with Crippen LogP contribution in [-0.4, -0.2) is 94.5 Å². The SMILES string of the molecule is CCC(C)C1C(=O)NC(Cc2ccc(O)c(Cl)c2)C(=O)NC(C(C)(C)O)C(=O)OC(c2ccccc2)C(C)/C=C/C=C(\C)C(OC)CC2OC2(C)C(=O)N1C. The van der Waals surface area contributed by atoms with E-state index >= 15 is 0 Å². The maximum absolute atomic E-state index is 14.3. The minimum absolute atomic E-state index is 0.0381. The van der Waals surface area contributed by atoms with Crippen molar-refractivity contribution in [1.29, 1.82) is 0 Å². The summed E-state index contributed by atoms with van der Waals surface area (Å²) >= 11 is 6.21. The zero-order valence-corrected chi connectivity index (χ0v) is 33.9. The Labute approximate surface area is 329 Å². The van der Waals surface area contributed by atoms with Crippen LogP contribution in [0.1, 0.15) is 78.5 Å². The molecule has 0 aromatic heterocycles. The van der Waals surface area contributed by atoms with E-state index in [1.165, 1.54) is 30.9 Å². The normalized spacial score (nSPS) is 31.1. The van der Waals surface area contributed by atoms with Crippen molar-refractivity contribution in [2.75, 3.05) is 14.2 Å². The van der Waals surface area contributed by atoms with Gasteiger partial charge in [-0.05, 0) is 62.4 Å². The monoisotopic (exact) mass is 781 g/mol. The van der Waals surface area contributed by atoms with Gasteiger partial charge in [-0.25, -0.2) is 4.79 Å². The van der Waals surface area contributed by atoms with Crippen molar-refractivity contribution in [2.24, 2.45) is 11.8 Å². The smallest absolute Gasteiger partial charge is 0.332 e. The van der Waals surface area contributed by atoms with E-state index in [1.807, 2.05) is 76.3 Å². The highest BCUT2D eigenvalue weighted by molar-refractivity contribution is 6.32. The van der Waals surface area contributed by atoms with E-state index in [2.05, 4.69) is 10.6 Å². The van der Waals surface area contributed by atoms with E-state index in [1.54, 1.807) is 27.1 Å². The molecular weight excluding hydrogens is 726 g/mol. The summed E-state index contributed by atoms with van der Waals surface area (Å²) < 4.78 is 18.0. The number of phenolic OH excluding ortho intramolecular Hbond substituents is 1. The summed E-state index contributed by atoms with van der Waals surface area (Å²) in [6.45, 7) is 12.0. The molecule has 0 radical (unpaired) electrons. The zero-order chi connectivity index (χ0) is 40.8. The van der Waals surface area contributed by atoms with Gasteiger partial charge in [0, 0.05) is 32.9 Å². The number of aromatic hydroxyl groups is 1. The third-order valence-corrected chi connectivity index (χ3v) is 11.0. The lowest BCUT2D eigenvalue weighted by molar-refractivity contribution is -0.162. The van der Waals surface area contributed by atoms with Crippen LogP contribution < -0.4 is 10.6 Å². The van der Waals surface area contributed by atoms with Crippen LogP contribution >= 0.6 is 11.6 Å². The van der Waals surface area contributed by atoms with Gasteiger partial charge in [-0.2, -0.15) is 0 Å². The molecule has 0 spiro atoms. The largest absolute Gasteiger partial charge is 0.506 e. The van der Waals surface area contributed by atoms with Gasteiger partial charge in [-0.1, -0.05) is 93.4 Å². The average molecular weight is 782 g/mol. The van der Waals surface area contributed by atoms with E-state index in [4.69, 9.17) is 25.8 Å². The van der Waals surface area contributed by atoms with Gasteiger partial charge in [0.1, 0.15) is 23.9 Å². The summed E-state index contributed by atoms with van der Waals surface area (Å²) in [5.41, 5.74) is -0.945. The molecule has 300 valence electrons. The highest BCUT2D eigenvalue weighted by Gasteiger charge is 2.61. The fraction of sp³-hybridized carbons (Fsp3) is 0.524. The second kappa shape index (κ2) is 18.1. The van der Waals surface area contributed by atoms with E-state index in [0.717, 1.165) is 5.57 Å². The molecule has 55 heavy (non-hydrogen) atoms. The number of cyclic esters (lactones) is 1. The predicted octanol–water partition coefficient (Wildman–Crippen LogP) is 5.20. The summed E-state index contributed by atoms with van der Waals surface area (Å²) in [5.74, 6) is -3.56. The average Bonchev–Trinajstić information content (AvgIpc) is 3.81. The van der Waals surface area contributed by atoms with E-state index in [0.29, 0.717) is 24.0 Å². The van der Waals surface area contributed by atoms with Crippen molar-refractivity contribution in [3.05, 3.63) is 88.5 Å². The lowest BCUT2D eigenvalue weighted by Crippen LogP contribution is -2.61. The molecule has 3 amide bonds. The molecule has 2 aliphatic heterocycles. The zero-order valence-electron chi connectivity index (χ0n) is 33.2. The van der Waals surface area contributed by atoms with E-state index < -0.39 is 65.2 Å². The number of hydrogen-bond donors (Lipinski definition) is 4. The number of allylic oxidation sites excluding steroid dienone is 2. The van der Waals surface area contributed by atoms with Crippen molar-refractivity contribution >= 4 is 35.3 Å². The standard InChI is InChI=1S/C42H56ClN3O9/c1-10-24(2)34-38(49)44-30(22-27-19-20-31(47)29(43)21-27)37(48)45-36(41(5,6)52)39(50)54-35(28-17-12-11-13-18-28)26(4)16-14-15-25(3)32(53-9)23-33-42(7,55-33)40(51)46(34)8/h11-21,24,26,30,32-36,47,52H,10,22-23H2,1-9H3,(H,44,49)(H,45,48)/b16-14+,25-15+. The summed E-state index contributed by atoms with van der Waals surface area (Å²) in [6.07, 6.45) is 4.78. The minimum Gasteiger partial charge on any atom is -0.506 e. The number of epoxide rings is 1. The third-order valence-electron chi connectivity index (χ3n) is 10.7. The number of carbonyl (C=O) groups excluding carboxylic acids is 4. The van der Waals surface area contributed by atoms with E-state index in [9.17, 15) is 29.4 Å². The number of phenols is 1. The lowest BCUT2D eigenvalue weighted by atomic mass is 9.93. The number of nitrogens with zero attached hydrogens (tertiary/aromatic N) is 1. The number of hydrogen-bond acceptors (Lipinski definition) is 9. The lowest BCUT2D eigenvalue weighted by Gasteiger charge is -2.35. The first-order valence-electron chi connectivity index (χ1n) is 18.7. The number of rotatable bonds is 7. The van der Waals surface area contributed by atoms with Gasteiger partial charge < -0.3 is 40.0 Å². The Morgan fingerprint density at radius 2 is 1.76 bits per heavy atom. The van der Waals surface area contributed by atoms with Gasteiger partial charge in [0.25, 0.3) is 5.91 Å². The van der Waals surface area contributed by atoms with Crippen molar-refractivity contribution in [3.8, 4) is 5.75 Å². The first-order chi connectivity index (χ1) is 25.8. The van der Waals surface area contributed by atoms with Crippen LogP contribution in [0.5, 0.6) is 5.75 Å². The quantitative estimate of drug-likeness (QED) is 0.218. The Kier molecular flexibility index (Phi) is 14.4. The summed E-state index contributed by atoms with van der Waals surface area (Å²) in [4.78, 5) is 58.2. The van der Waals surface area contributed by atoms with Crippen molar-refractivity contribution in [2.45, 2.75) is 115 Å². The van der Waals surface area contributed by atoms with Crippen LogP contribution in [0.15, 0.2) is 72.3 Å². The molecule has 2 aliphatic rings. The summed E-state index contributed by atoms with van der Waals surface area (Å²) in [6, 6.07) is 9.65. The van der Waals surface area contributed by atoms with Crippen LogP contribution in [0.2, 0.25) is 5.02 Å². The molecule has 2 aromatic carbocycles. The van der Waals surface area contributed by atoms with Crippen LogP contribution in [0.4, 0.5) is 0 Å². The Balaban J connectivity index is 1.82. The number of amides is 3. The predicted molar refractivity (Wildman–Crippen MR) is 209 cm³/mol. The molecule has 12 nitrogen and oxygen atoms in total. The second-order valence-corrected chi connectivity index (χ2v) is 15.9. The number of esters is 1. The molecule has 13 heteroatoms. The molecule has 2 heterocycles. The number of aliphatic hydroxyl groups is 1. The van der Waals surface area contributed by atoms with Gasteiger partial charge in [0.15, 0.2) is 11.6 Å². The number of fused-ring (bicyclic) bond motifs is 1. The van der Waals surface area contributed by atoms with Crippen LogP contribution in [-0.2, 0) is 39.8 Å². The van der Waals surface area contributed by atoms with Gasteiger partial charge in [0.2, 0.25) is 11.8 Å². The second-order valence-electron chi connectivity index (χ2n) is 15.5. The van der Waals surface area contributed by atoms with Gasteiger partial charge in [-0.15, -0.1) is 0 Å². The topological polar surface area (TPSA) is 167 Å². The van der Waals surface area contributed by atoms with Crippen molar-refractivity contribution < 1.29 is 43.6 Å². The maximum atomic E-state index is 14.3. The minimum atomic E-state index is -1.81. The van der Waals surface area contributed by atoms with Crippen molar-refractivity contribution in [3.63, 3.8) is 0 Å². The van der Waals surface area contributed by atoms with Crippen LogP contribution in [0.3, 0.4) is 0 Å². The molecule has 9 unspecified atom stereocenters. The molecule has 9 atom stereocenters. The fourth-order valence-corrected chi connectivity index (χ4v) is 7.16. The Morgan fingerprint density at radius 1 is 1.09 bits per heavy atom. The molecule has 0 saturated carbocycles. The van der Waals surface area contributed by atoms with Crippen LogP contribution in [0, 0.1) is 11.8 Å². The molecule has 0 aliphatic carbocycles. The van der Waals surface area contributed by atoms with Gasteiger partial charge in [-0.3, -0.25) is 14.4 Å². The molecule has 2 aromatic rings. The number of halogens is 1. The van der Waals surface area contributed by atoms with Crippen LogP contribution in [0.25, 0.3) is 0 Å². The highest BCUT2D eigenvalue weighted by Crippen LogP contribution is 2.42. The third kappa shape index (κ3) is 10.5. The van der Waals surface area contributed by atoms with Crippen molar-refractivity contribution in [1.82, 2.24) is 15.5 Å². The number of nitrogens with one attached hydrogen (secondary N) is 2. The Morgan fingerprint density at radius 3 is 2.36 bits per heavy atom. The van der Waals surface area contributed by atoms with E-state index in [-0.39, 0.29) is 35.1 Å². The maximum Gasteiger partial charge on any atom is 0.332 e. The Bertz CT molecular complexity index is 1760. The molecule has 1 saturated heterocycles. The van der Waals surface area contributed by atoms with Gasteiger partial charge >= 0.3 is 5.97 Å². The summed E-state index contributed by atoms with van der Waals surface area (Å²) in [7, 11) is 3.13. The molecule has 4 N–H and O–H groups in total. The first kappa shape index (κ1) is 43.5. The molecular formula is C42H56ClN3O9. The fourth-order valence-electron chi connectivity index (χ4n) is 6.95. The number of carbonyl (C=O) groups is 4. The number of benzene rings is 2. The molecule has 0 bridgehead atoms.